The highest BCUT2D eigenvalue weighted by atomic mass is 35.5. The smallest absolute Gasteiger partial charge is 0.245 e. The van der Waals surface area contributed by atoms with E-state index in [9.17, 15) is 4.79 Å². The maximum atomic E-state index is 12.1. The summed E-state index contributed by atoms with van der Waals surface area (Å²) in [5, 5.41) is 14.3. The lowest BCUT2D eigenvalue weighted by atomic mass is 9.60. The minimum atomic E-state index is -0.177. The second kappa shape index (κ2) is 10.5. The molecule has 1 spiro atoms. The number of nitrogens with one attached hydrogen (secondary N) is 1. The first-order valence-electron chi connectivity index (χ1n) is 14.7. The van der Waals surface area contributed by atoms with Crippen LogP contribution in [0, 0.1) is 17.7 Å². The van der Waals surface area contributed by atoms with E-state index in [1.807, 2.05) is 4.90 Å². The zero-order valence-electron chi connectivity index (χ0n) is 24.9. The molecule has 226 valence electrons. The van der Waals surface area contributed by atoms with Gasteiger partial charge in [-0.15, -0.1) is 0 Å². The topological polar surface area (TPSA) is 104 Å². The van der Waals surface area contributed by atoms with Crippen LogP contribution in [0.15, 0.2) is 18.7 Å². The van der Waals surface area contributed by atoms with Crippen LogP contribution in [0.4, 0.5) is 11.5 Å². The van der Waals surface area contributed by atoms with Crippen molar-refractivity contribution in [3.05, 3.63) is 40.0 Å². The first-order chi connectivity index (χ1) is 19.9. The summed E-state index contributed by atoms with van der Waals surface area (Å²) >= 11 is 13.5. The number of benzene rings is 1. The molecule has 4 fully saturated rings. The number of amides is 1. The summed E-state index contributed by atoms with van der Waals surface area (Å²) in [6, 6.07) is 2.32. The maximum Gasteiger partial charge on any atom is 0.245 e. The van der Waals surface area contributed by atoms with Crippen LogP contribution in [0.1, 0.15) is 56.8 Å². The van der Waals surface area contributed by atoms with Gasteiger partial charge in [-0.05, 0) is 58.6 Å². The number of carbonyl (C=O) groups excluding carboxylic acids is 1. The van der Waals surface area contributed by atoms with Crippen molar-refractivity contribution in [2.45, 2.75) is 70.2 Å². The number of anilines is 2. The second-order valence-corrected chi connectivity index (χ2v) is 14.1. The van der Waals surface area contributed by atoms with Gasteiger partial charge in [0.2, 0.25) is 5.91 Å². The fourth-order valence-corrected chi connectivity index (χ4v) is 8.27. The molecule has 11 heteroatoms. The largest absolute Gasteiger partial charge is 0.398 e. The van der Waals surface area contributed by atoms with Gasteiger partial charge >= 0.3 is 0 Å². The van der Waals surface area contributed by atoms with E-state index in [0.29, 0.717) is 39.0 Å². The summed E-state index contributed by atoms with van der Waals surface area (Å²) in [5.41, 5.74) is 9.87. The molecular weight excluding hydrogens is 573 g/mol. The minimum Gasteiger partial charge on any atom is -0.398 e. The molecule has 1 aromatic carbocycles. The van der Waals surface area contributed by atoms with E-state index in [1.54, 1.807) is 13.2 Å². The van der Waals surface area contributed by atoms with Gasteiger partial charge in [-0.2, -0.15) is 5.10 Å². The molecule has 1 unspecified atom stereocenters. The van der Waals surface area contributed by atoms with Crippen molar-refractivity contribution < 1.29 is 9.53 Å². The van der Waals surface area contributed by atoms with Crippen LogP contribution < -0.4 is 10.6 Å². The van der Waals surface area contributed by atoms with Crippen molar-refractivity contribution in [1.29, 1.82) is 5.41 Å². The third-order valence-electron chi connectivity index (χ3n) is 10.2. The lowest BCUT2D eigenvalue weighted by molar-refractivity contribution is -0.149. The quantitative estimate of drug-likeness (QED) is 0.253. The molecule has 1 saturated carbocycles. The van der Waals surface area contributed by atoms with Gasteiger partial charge < -0.3 is 25.7 Å². The van der Waals surface area contributed by atoms with Crippen molar-refractivity contribution in [1.82, 2.24) is 19.6 Å². The zero-order valence-corrected chi connectivity index (χ0v) is 26.4. The van der Waals surface area contributed by atoms with Gasteiger partial charge in [0.1, 0.15) is 0 Å². The number of nitrogens with two attached hydrogens (primary N) is 1. The number of ether oxygens (including phenoxy) is 1. The summed E-state index contributed by atoms with van der Waals surface area (Å²) in [5.74, 6) is 0.858. The number of methoxy groups -OCH3 is 1. The number of nitrogens with zero attached hydrogens (tertiary/aromatic N) is 5. The zero-order chi connectivity index (χ0) is 30.1. The van der Waals surface area contributed by atoms with Crippen LogP contribution in [0.3, 0.4) is 0 Å². The van der Waals surface area contributed by atoms with Crippen LogP contribution >= 0.6 is 23.2 Å². The van der Waals surface area contributed by atoms with Gasteiger partial charge in [-0.25, -0.2) is 0 Å². The van der Waals surface area contributed by atoms with Gasteiger partial charge in [-0.1, -0.05) is 29.8 Å². The molecule has 42 heavy (non-hydrogen) atoms. The third-order valence-corrected chi connectivity index (χ3v) is 11.0. The van der Waals surface area contributed by atoms with Crippen LogP contribution in [-0.4, -0.2) is 89.2 Å². The van der Waals surface area contributed by atoms with Crippen molar-refractivity contribution >= 4 is 46.8 Å². The molecule has 9 nitrogen and oxygen atoms in total. The highest BCUT2D eigenvalue weighted by Crippen LogP contribution is 2.56. The predicted octanol–water partition coefficient (Wildman–Crippen LogP) is 5.17. The summed E-state index contributed by atoms with van der Waals surface area (Å²) < 4.78 is 7.68. The molecule has 0 radical (unpaired) electrons. The number of nitrogen functional groups attached to an aromatic ring is 1. The molecule has 2 aromatic rings. The lowest BCUT2D eigenvalue weighted by Crippen LogP contribution is -2.63. The van der Waals surface area contributed by atoms with Crippen molar-refractivity contribution in [2.24, 2.45) is 5.41 Å². The molecule has 4 aliphatic rings. The summed E-state index contributed by atoms with van der Waals surface area (Å²) in [4.78, 5) is 18.9. The van der Waals surface area contributed by atoms with Gasteiger partial charge in [0, 0.05) is 91.1 Å². The average Bonchev–Trinajstić information content (AvgIpc) is 3.18. The Morgan fingerprint density at radius 3 is 2.48 bits per heavy atom. The first-order valence-corrected chi connectivity index (χ1v) is 15.5. The Kier molecular flexibility index (Phi) is 7.40. The molecule has 0 bridgehead atoms. The van der Waals surface area contributed by atoms with Crippen molar-refractivity contribution in [2.75, 3.05) is 50.5 Å². The summed E-state index contributed by atoms with van der Waals surface area (Å²) in [6.45, 7) is 14.6. The molecule has 1 amide bonds. The fraction of sp³-hybridized carbons (Fsp3) is 0.581. The molecule has 1 aliphatic carbocycles. The van der Waals surface area contributed by atoms with Gasteiger partial charge in [0.25, 0.3) is 0 Å². The molecule has 3 N–H and O–H groups in total. The van der Waals surface area contributed by atoms with Crippen LogP contribution in [-0.2, 0) is 9.53 Å². The standard InChI is InChI=1S/C31H41Cl2N7O2/c1-6-25(41)38-16-31(17-38)11-20(12-31)40-18(2)26(27-22(13-34)24(35)9-23(32)28(27)33)29(36-40)39-8-7-19(10-30(39,3)4)37-14-21(15-37)42-5/h6,9,13,19-21,34H,1,7-8,10-12,14-17,35H2,2-5H3. The Morgan fingerprint density at radius 1 is 1.19 bits per heavy atom. The molecule has 1 atom stereocenters. The Balaban J connectivity index is 1.37. The third kappa shape index (κ3) is 4.64. The Hall–Kier alpha value is -2.59. The van der Waals surface area contributed by atoms with Gasteiger partial charge in [0.15, 0.2) is 5.82 Å². The second-order valence-electron chi connectivity index (χ2n) is 13.3. The Bertz CT molecular complexity index is 1430. The molecule has 6 rings (SSSR count). The number of likely N-dealkylation sites (tertiary alicyclic amines) is 2. The Morgan fingerprint density at radius 2 is 1.88 bits per heavy atom. The Labute approximate surface area is 258 Å². The number of aromatic nitrogens is 2. The molecule has 4 heterocycles. The summed E-state index contributed by atoms with van der Waals surface area (Å²) in [6.07, 6.45) is 6.92. The van der Waals surface area contributed by atoms with Crippen molar-refractivity contribution in [3.8, 4) is 11.1 Å². The normalized spacial score (nSPS) is 23.8. The minimum absolute atomic E-state index is 0.00196. The monoisotopic (exact) mass is 613 g/mol. The molecule has 1 aromatic heterocycles. The van der Waals surface area contributed by atoms with E-state index in [4.69, 9.17) is 44.2 Å². The maximum absolute atomic E-state index is 12.1. The fourth-order valence-electron chi connectivity index (χ4n) is 7.81. The number of hydrogen-bond acceptors (Lipinski definition) is 7. The lowest BCUT2D eigenvalue weighted by Gasteiger charge is -2.58. The number of rotatable bonds is 7. The van der Waals surface area contributed by atoms with E-state index < -0.39 is 0 Å². The van der Waals surface area contributed by atoms with Gasteiger partial charge in [-0.3, -0.25) is 14.4 Å². The van der Waals surface area contributed by atoms with Crippen LogP contribution in [0.2, 0.25) is 10.0 Å². The van der Waals surface area contributed by atoms with E-state index in [2.05, 4.69) is 41.8 Å². The van der Waals surface area contributed by atoms with Crippen molar-refractivity contribution in [3.63, 3.8) is 0 Å². The average molecular weight is 615 g/mol. The SMILES string of the molecule is C=CC(=O)N1CC2(CC(n3nc(N4CCC(N5CC(OC)C5)CC4(C)C)c(-c4c(Cl)c(Cl)cc(N)c4C=N)c3C)C2)C1. The summed E-state index contributed by atoms with van der Waals surface area (Å²) in [7, 11) is 1.79. The highest BCUT2D eigenvalue weighted by Gasteiger charge is 2.55. The highest BCUT2D eigenvalue weighted by molar-refractivity contribution is 6.44. The molecule has 3 aliphatic heterocycles. The van der Waals surface area contributed by atoms with E-state index in [-0.39, 0.29) is 22.9 Å². The number of halogens is 2. The van der Waals surface area contributed by atoms with Crippen LogP contribution in [0.5, 0.6) is 0 Å². The number of carbonyl (C=O) groups is 1. The number of hydrogen-bond donors (Lipinski definition) is 2. The molecule has 3 saturated heterocycles. The first kappa shape index (κ1) is 29.5. The van der Waals surface area contributed by atoms with Gasteiger partial charge in [0.05, 0.1) is 22.2 Å². The predicted molar refractivity (Wildman–Crippen MR) is 169 cm³/mol. The van der Waals surface area contributed by atoms with Crippen LogP contribution in [0.25, 0.3) is 11.1 Å². The van der Waals surface area contributed by atoms with E-state index in [1.165, 1.54) is 12.3 Å². The number of piperidine rings is 1. The molecular formula is C31H41Cl2N7O2. The van der Waals surface area contributed by atoms with E-state index >= 15 is 0 Å². The van der Waals surface area contributed by atoms with E-state index in [0.717, 1.165) is 75.5 Å².